The van der Waals surface area contributed by atoms with Gasteiger partial charge in [-0.05, 0) is 6.92 Å². The molecule has 1 aromatic heterocycles. The van der Waals surface area contributed by atoms with Crippen molar-refractivity contribution >= 4 is 23.3 Å². The van der Waals surface area contributed by atoms with Gasteiger partial charge in [-0.15, -0.1) is 0 Å². The van der Waals surface area contributed by atoms with E-state index in [0.717, 1.165) is 5.69 Å². The zero-order valence-electron chi connectivity index (χ0n) is 13.6. The van der Waals surface area contributed by atoms with Crippen molar-refractivity contribution in [2.75, 3.05) is 24.9 Å². The molecule has 0 saturated heterocycles. The van der Waals surface area contributed by atoms with Gasteiger partial charge in [-0.25, -0.2) is 4.68 Å². The molecule has 8 nitrogen and oxygen atoms in total. The minimum atomic E-state index is -0.709. The fourth-order valence-electron chi connectivity index (χ4n) is 2.61. The van der Waals surface area contributed by atoms with Crippen molar-refractivity contribution in [3.05, 3.63) is 30.0 Å². The maximum atomic E-state index is 12.7. The van der Waals surface area contributed by atoms with E-state index in [4.69, 9.17) is 9.47 Å². The number of carbonyl (C=O) groups is 2. The third-order valence-corrected chi connectivity index (χ3v) is 3.72. The van der Waals surface area contributed by atoms with Gasteiger partial charge >= 0.3 is 0 Å². The Morgan fingerprint density at radius 2 is 1.92 bits per heavy atom. The van der Waals surface area contributed by atoms with Gasteiger partial charge in [0.1, 0.15) is 23.4 Å². The first kappa shape index (κ1) is 15.9. The average Bonchev–Trinajstić information content (AvgIpc) is 2.93. The molecule has 1 aromatic carbocycles. The van der Waals surface area contributed by atoms with E-state index in [1.165, 1.54) is 18.9 Å². The number of nitrogens with one attached hydrogen (secondary N) is 2. The third kappa shape index (κ3) is 3.03. The van der Waals surface area contributed by atoms with Gasteiger partial charge in [0.2, 0.25) is 11.8 Å². The Bertz CT molecular complexity index is 777. The van der Waals surface area contributed by atoms with Crippen molar-refractivity contribution in [3.8, 4) is 11.5 Å². The lowest BCUT2D eigenvalue weighted by Crippen LogP contribution is -2.35. The fraction of sp³-hybridized carbons (Fsp3) is 0.312. The number of hydrogen-bond acceptors (Lipinski definition) is 5. The van der Waals surface area contributed by atoms with Gasteiger partial charge in [0, 0.05) is 30.0 Å². The molecule has 0 bridgehead atoms. The summed E-state index contributed by atoms with van der Waals surface area (Å²) in [4.78, 5) is 24.5. The van der Waals surface area contributed by atoms with E-state index in [2.05, 4.69) is 15.7 Å². The molecule has 2 N–H and O–H groups in total. The monoisotopic (exact) mass is 330 g/mol. The Morgan fingerprint density at radius 1 is 1.25 bits per heavy atom. The van der Waals surface area contributed by atoms with Crippen molar-refractivity contribution in [3.63, 3.8) is 0 Å². The van der Waals surface area contributed by atoms with Gasteiger partial charge in [0.15, 0.2) is 0 Å². The first-order valence-corrected chi connectivity index (χ1v) is 7.40. The normalized spacial score (nSPS) is 16.1. The number of hydrogen-bond donors (Lipinski definition) is 2. The van der Waals surface area contributed by atoms with Crippen molar-refractivity contribution in [2.45, 2.75) is 19.4 Å². The highest BCUT2D eigenvalue weighted by Gasteiger charge is 2.31. The van der Waals surface area contributed by atoms with Gasteiger partial charge in [-0.1, -0.05) is 0 Å². The number of amides is 2. The van der Waals surface area contributed by atoms with Crippen molar-refractivity contribution in [1.82, 2.24) is 9.78 Å². The number of methoxy groups -OCH3 is 2. The number of anilines is 2. The number of nitrogens with zero attached hydrogens (tertiary/aromatic N) is 2. The molecule has 24 heavy (non-hydrogen) atoms. The third-order valence-electron chi connectivity index (χ3n) is 3.72. The molecule has 1 aliphatic rings. The Kier molecular flexibility index (Phi) is 4.11. The van der Waals surface area contributed by atoms with Crippen LogP contribution in [0.1, 0.15) is 18.2 Å². The Labute approximate surface area is 138 Å². The highest BCUT2D eigenvalue weighted by Crippen LogP contribution is 2.29. The zero-order chi connectivity index (χ0) is 17.3. The molecule has 0 unspecified atom stereocenters. The van der Waals surface area contributed by atoms with Crippen molar-refractivity contribution in [2.24, 2.45) is 0 Å². The lowest BCUT2D eigenvalue weighted by atomic mass is 10.1. The standard InChI is InChI=1S/C16H18N4O4/c1-9-4-14-18-15(21)8-13(20(14)19-9)16(22)17-10-5-11(23-2)7-12(6-10)24-3/h4-7,13H,8H2,1-3H3,(H,17,22)(H,18,21)/t13-/m1/s1. The van der Waals surface area contributed by atoms with Crippen LogP contribution in [0.3, 0.4) is 0 Å². The van der Waals surface area contributed by atoms with Gasteiger partial charge in [-0.2, -0.15) is 5.10 Å². The molecule has 3 rings (SSSR count). The molecule has 8 heteroatoms. The zero-order valence-corrected chi connectivity index (χ0v) is 13.6. The minimum absolute atomic E-state index is 0.0288. The van der Waals surface area contributed by atoms with Crippen LogP contribution in [0.4, 0.5) is 11.5 Å². The molecule has 1 aliphatic heterocycles. The summed E-state index contributed by atoms with van der Waals surface area (Å²) in [6.45, 7) is 1.80. The van der Waals surface area contributed by atoms with Crippen LogP contribution in [0.2, 0.25) is 0 Å². The van der Waals surface area contributed by atoms with Crippen LogP contribution >= 0.6 is 0 Å². The molecule has 2 aromatic rings. The molecule has 126 valence electrons. The molecule has 0 saturated carbocycles. The van der Waals surface area contributed by atoms with E-state index >= 15 is 0 Å². The summed E-state index contributed by atoms with van der Waals surface area (Å²) in [7, 11) is 3.06. The lowest BCUT2D eigenvalue weighted by molar-refractivity contribution is -0.125. The summed E-state index contributed by atoms with van der Waals surface area (Å²) in [5.74, 6) is 1.09. The SMILES string of the molecule is COc1cc(NC(=O)[C@H]2CC(=O)Nc3cc(C)nn32)cc(OC)c1. The van der Waals surface area contributed by atoms with E-state index in [9.17, 15) is 9.59 Å². The van der Waals surface area contributed by atoms with E-state index < -0.39 is 6.04 Å². The van der Waals surface area contributed by atoms with E-state index in [-0.39, 0.29) is 18.2 Å². The first-order chi connectivity index (χ1) is 11.5. The number of rotatable bonds is 4. The van der Waals surface area contributed by atoms with Crippen LogP contribution in [0.15, 0.2) is 24.3 Å². The van der Waals surface area contributed by atoms with Gasteiger partial charge in [0.05, 0.1) is 26.3 Å². The summed E-state index contributed by atoms with van der Waals surface area (Å²) in [5, 5.41) is 9.79. The Hall–Kier alpha value is -3.03. The van der Waals surface area contributed by atoms with Crippen LogP contribution in [-0.4, -0.2) is 35.8 Å². The maximum absolute atomic E-state index is 12.7. The van der Waals surface area contributed by atoms with Crippen LogP contribution in [0.5, 0.6) is 11.5 Å². The number of ether oxygens (including phenoxy) is 2. The highest BCUT2D eigenvalue weighted by atomic mass is 16.5. The predicted molar refractivity (Wildman–Crippen MR) is 87.4 cm³/mol. The number of carbonyl (C=O) groups excluding carboxylic acids is 2. The van der Waals surface area contributed by atoms with Gasteiger partial charge in [-0.3, -0.25) is 9.59 Å². The molecule has 1 atom stereocenters. The number of fused-ring (bicyclic) bond motifs is 1. The average molecular weight is 330 g/mol. The van der Waals surface area contributed by atoms with Crippen LogP contribution < -0.4 is 20.1 Å². The molecule has 2 amide bonds. The van der Waals surface area contributed by atoms with E-state index in [0.29, 0.717) is 23.0 Å². The molecule has 0 aliphatic carbocycles. The number of aromatic nitrogens is 2. The van der Waals surface area contributed by atoms with E-state index in [1.54, 1.807) is 31.2 Å². The number of aryl methyl sites for hydroxylation is 1. The van der Waals surface area contributed by atoms with Crippen molar-refractivity contribution < 1.29 is 19.1 Å². The molecular formula is C16H18N4O4. The summed E-state index contributed by atoms with van der Waals surface area (Å²) >= 11 is 0. The fourth-order valence-corrected chi connectivity index (χ4v) is 2.61. The first-order valence-electron chi connectivity index (χ1n) is 7.40. The maximum Gasteiger partial charge on any atom is 0.249 e. The van der Waals surface area contributed by atoms with Crippen LogP contribution in [0, 0.1) is 6.92 Å². The molecule has 2 heterocycles. The smallest absolute Gasteiger partial charge is 0.249 e. The Balaban J connectivity index is 1.86. The van der Waals surface area contributed by atoms with Crippen molar-refractivity contribution in [1.29, 1.82) is 0 Å². The predicted octanol–water partition coefficient (Wildman–Crippen LogP) is 1.73. The summed E-state index contributed by atoms with van der Waals surface area (Å²) in [6, 6.07) is 6.08. The van der Waals surface area contributed by atoms with E-state index in [1.807, 2.05) is 0 Å². The molecular weight excluding hydrogens is 312 g/mol. The molecule has 0 radical (unpaired) electrons. The summed E-state index contributed by atoms with van der Waals surface area (Å²) in [6.07, 6.45) is 0.0288. The topological polar surface area (TPSA) is 94.5 Å². The summed E-state index contributed by atoms with van der Waals surface area (Å²) < 4.78 is 11.9. The van der Waals surface area contributed by atoms with Gasteiger partial charge < -0.3 is 20.1 Å². The van der Waals surface area contributed by atoms with Crippen LogP contribution in [0.25, 0.3) is 0 Å². The molecule has 0 fully saturated rings. The quantitative estimate of drug-likeness (QED) is 0.890. The highest BCUT2D eigenvalue weighted by molar-refractivity contribution is 6.01. The largest absolute Gasteiger partial charge is 0.497 e. The Morgan fingerprint density at radius 3 is 2.54 bits per heavy atom. The molecule has 0 spiro atoms. The second-order valence-electron chi connectivity index (χ2n) is 5.47. The lowest BCUT2D eigenvalue weighted by Gasteiger charge is -2.23. The minimum Gasteiger partial charge on any atom is -0.497 e. The van der Waals surface area contributed by atoms with Gasteiger partial charge in [0.25, 0.3) is 0 Å². The second-order valence-corrected chi connectivity index (χ2v) is 5.47. The number of benzene rings is 1. The van der Waals surface area contributed by atoms with Crippen LogP contribution in [-0.2, 0) is 9.59 Å². The summed E-state index contributed by atoms with van der Waals surface area (Å²) in [5.41, 5.74) is 1.25. The second kappa shape index (κ2) is 6.23.